The van der Waals surface area contributed by atoms with Crippen molar-refractivity contribution in [1.82, 2.24) is 10.2 Å². The molecule has 0 radical (unpaired) electrons. The fraction of sp³-hybridized carbons (Fsp3) is 0.533. The second-order valence-corrected chi connectivity index (χ2v) is 5.68. The first-order valence-electron chi connectivity index (χ1n) is 6.56. The van der Waals surface area contributed by atoms with Crippen LogP contribution in [0.3, 0.4) is 0 Å². The first kappa shape index (κ1) is 16.3. The molecule has 4 heteroatoms. The highest BCUT2D eigenvalue weighted by atomic mass is 127. The van der Waals surface area contributed by atoms with E-state index in [1.165, 1.54) is 11.1 Å². The van der Waals surface area contributed by atoms with Crippen LogP contribution in [0.2, 0.25) is 0 Å². The van der Waals surface area contributed by atoms with E-state index in [4.69, 9.17) is 0 Å². The van der Waals surface area contributed by atoms with Crippen molar-refractivity contribution in [2.24, 2.45) is 4.99 Å². The van der Waals surface area contributed by atoms with Crippen LogP contribution in [0, 0.1) is 6.92 Å². The van der Waals surface area contributed by atoms with Crippen molar-refractivity contribution in [1.29, 1.82) is 0 Å². The van der Waals surface area contributed by atoms with Crippen LogP contribution in [-0.2, 0) is 5.41 Å². The van der Waals surface area contributed by atoms with E-state index < -0.39 is 0 Å². The monoisotopic (exact) mass is 373 g/mol. The van der Waals surface area contributed by atoms with Crippen molar-refractivity contribution in [3.05, 3.63) is 35.4 Å². The summed E-state index contributed by atoms with van der Waals surface area (Å²) in [4.78, 5) is 6.64. The number of hydrogen-bond donors (Lipinski definition) is 1. The fourth-order valence-electron chi connectivity index (χ4n) is 2.45. The zero-order valence-electron chi connectivity index (χ0n) is 12.2. The minimum absolute atomic E-state index is 0. The van der Waals surface area contributed by atoms with Crippen LogP contribution in [0.25, 0.3) is 0 Å². The van der Waals surface area contributed by atoms with Gasteiger partial charge < -0.3 is 10.2 Å². The maximum atomic E-state index is 4.47. The van der Waals surface area contributed by atoms with E-state index >= 15 is 0 Å². The summed E-state index contributed by atoms with van der Waals surface area (Å²) in [6.45, 7) is 9.56. The molecule has 106 valence electrons. The van der Waals surface area contributed by atoms with Crippen molar-refractivity contribution >= 4 is 29.9 Å². The topological polar surface area (TPSA) is 27.6 Å². The van der Waals surface area contributed by atoms with Gasteiger partial charge in [-0.3, -0.25) is 4.99 Å². The largest absolute Gasteiger partial charge is 0.355 e. The quantitative estimate of drug-likeness (QED) is 0.826. The molecule has 2 rings (SSSR count). The summed E-state index contributed by atoms with van der Waals surface area (Å²) >= 11 is 0. The number of hydrogen-bond acceptors (Lipinski definition) is 3. The Morgan fingerprint density at radius 3 is 2.58 bits per heavy atom. The lowest BCUT2D eigenvalue weighted by atomic mass is 9.82. The first-order chi connectivity index (χ1) is 8.50. The third kappa shape index (κ3) is 3.84. The molecule has 1 heterocycles. The molecule has 0 unspecified atom stereocenters. The van der Waals surface area contributed by atoms with Gasteiger partial charge in [-0.15, -0.1) is 24.0 Å². The molecule has 0 amide bonds. The van der Waals surface area contributed by atoms with Crippen LogP contribution in [-0.4, -0.2) is 37.5 Å². The number of guanidine groups is 1. The third-order valence-corrected chi connectivity index (χ3v) is 3.62. The molecule has 0 atom stereocenters. The zero-order valence-corrected chi connectivity index (χ0v) is 14.6. The van der Waals surface area contributed by atoms with Gasteiger partial charge in [-0.2, -0.15) is 0 Å². The Bertz CT molecular complexity index is 454. The molecular weight excluding hydrogens is 349 g/mol. The minimum atomic E-state index is 0. The maximum absolute atomic E-state index is 4.47. The molecule has 0 spiro atoms. The summed E-state index contributed by atoms with van der Waals surface area (Å²) in [7, 11) is 2.08. The number of benzene rings is 1. The number of aliphatic imine (C=N–C) groups is 1. The Kier molecular flexibility index (Phi) is 5.64. The second-order valence-electron chi connectivity index (χ2n) is 5.68. The standard InChI is InChI=1S/C15H23N3.HI/c1-12-7-5-6-8-13(12)15(2,3)11-17-14-16-9-10-18(14)4;/h5-8H,9-11H2,1-4H3,(H,16,17);1H. The van der Waals surface area contributed by atoms with E-state index in [1.54, 1.807) is 0 Å². The Morgan fingerprint density at radius 2 is 2.00 bits per heavy atom. The van der Waals surface area contributed by atoms with E-state index in [1.807, 2.05) is 0 Å². The van der Waals surface area contributed by atoms with Crippen LogP contribution in [0.1, 0.15) is 25.0 Å². The van der Waals surface area contributed by atoms with Gasteiger partial charge in [0.15, 0.2) is 5.96 Å². The Balaban J connectivity index is 0.00000180. The van der Waals surface area contributed by atoms with Crippen molar-refractivity contribution in [2.45, 2.75) is 26.2 Å². The van der Waals surface area contributed by atoms with Gasteiger partial charge in [0.2, 0.25) is 0 Å². The van der Waals surface area contributed by atoms with Gasteiger partial charge in [0.1, 0.15) is 0 Å². The highest BCUT2D eigenvalue weighted by molar-refractivity contribution is 14.0. The smallest absolute Gasteiger partial charge is 0.193 e. The molecule has 0 aliphatic carbocycles. The Labute approximate surface area is 133 Å². The molecule has 0 saturated carbocycles. The van der Waals surface area contributed by atoms with Gasteiger partial charge in [0.25, 0.3) is 0 Å². The van der Waals surface area contributed by atoms with Crippen molar-refractivity contribution in [3.63, 3.8) is 0 Å². The van der Waals surface area contributed by atoms with E-state index in [0.29, 0.717) is 0 Å². The molecule has 19 heavy (non-hydrogen) atoms. The summed E-state index contributed by atoms with van der Waals surface area (Å²) in [6, 6.07) is 8.61. The van der Waals surface area contributed by atoms with Gasteiger partial charge in [-0.1, -0.05) is 38.1 Å². The van der Waals surface area contributed by atoms with E-state index in [-0.39, 0.29) is 29.4 Å². The van der Waals surface area contributed by atoms with E-state index in [0.717, 1.165) is 25.6 Å². The molecule has 1 aromatic rings. The number of rotatable bonds is 3. The molecule has 1 aliphatic heterocycles. The molecule has 0 aromatic heterocycles. The summed E-state index contributed by atoms with van der Waals surface area (Å²) in [5.74, 6) is 1.02. The van der Waals surface area contributed by atoms with Gasteiger partial charge >= 0.3 is 0 Å². The molecule has 0 fully saturated rings. The number of aryl methyl sites for hydroxylation is 1. The van der Waals surface area contributed by atoms with Gasteiger partial charge in [-0.25, -0.2) is 0 Å². The van der Waals surface area contributed by atoms with Crippen LogP contribution < -0.4 is 5.32 Å². The highest BCUT2D eigenvalue weighted by Crippen LogP contribution is 2.25. The van der Waals surface area contributed by atoms with Crippen LogP contribution in [0.4, 0.5) is 0 Å². The normalized spacial score (nSPS) is 14.9. The van der Waals surface area contributed by atoms with Crippen molar-refractivity contribution in [2.75, 3.05) is 26.7 Å². The molecule has 0 saturated heterocycles. The lowest BCUT2D eigenvalue weighted by Gasteiger charge is -2.29. The molecule has 3 nitrogen and oxygen atoms in total. The zero-order chi connectivity index (χ0) is 13.2. The summed E-state index contributed by atoms with van der Waals surface area (Å²) in [6.07, 6.45) is 0. The minimum Gasteiger partial charge on any atom is -0.355 e. The number of halogens is 1. The molecule has 0 bridgehead atoms. The molecule has 1 aliphatic rings. The average Bonchev–Trinajstić information content (AvgIpc) is 2.73. The predicted molar refractivity (Wildman–Crippen MR) is 92.6 cm³/mol. The van der Waals surface area contributed by atoms with E-state index in [9.17, 15) is 0 Å². The number of nitrogens with one attached hydrogen (secondary N) is 1. The van der Waals surface area contributed by atoms with Crippen molar-refractivity contribution < 1.29 is 0 Å². The van der Waals surface area contributed by atoms with E-state index in [2.05, 4.69) is 67.3 Å². The second kappa shape index (κ2) is 6.59. The first-order valence-corrected chi connectivity index (χ1v) is 6.56. The Morgan fingerprint density at radius 1 is 1.32 bits per heavy atom. The lowest BCUT2D eigenvalue weighted by molar-refractivity contribution is 0.479. The highest BCUT2D eigenvalue weighted by Gasteiger charge is 2.23. The summed E-state index contributed by atoms with van der Waals surface area (Å²) < 4.78 is 0. The molecule has 1 aromatic carbocycles. The average molecular weight is 373 g/mol. The summed E-state index contributed by atoms with van der Waals surface area (Å²) in [5, 5.41) is 3.47. The number of likely N-dealkylation sites (N-methyl/N-ethyl adjacent to an activating group) is 1. The van der Waals surface area contributed by atoms with Crippen LogP contribution in [0.15, 0.2) is 29.3 Å². The van der Waals surface area contributed by atoms with Crippen LogP contribution >= 0.6 is 24.0 Å². The number of nitrogens with zero attached hydrogens (tertiary/aromatic N) is 2. The SMILES string of the molecule is Cc1ccccc1C(C)(C)CNC1=NCCN1C.I. The third-order valence-electron chi connectivity index (χ3n) is 3.62. The van der Waals surface area contributed by atoms with Gasteiger partial charge in [0.05, 0.1) is 6.54 Å². The van der Waals surface area contributed by atoms with Gasteiger partial charge in [-0.05, 0) is 18.1 Å². The van der Waals surface area contributed by atoms with Crippen LogP contribution in [0.5, 0.6) is 0 Å². The van der Waals surface area contributed by atoms with Gasteiger partial charge in [0, 0.05) is 25.6 Å². The maximum Gasteiger partial charge on any atom is 0.193 e. The van der Waals surface area contributed by atoms with Crippen molar-refractivity contribution in [3.8, 4) is 0 Å². The lowest BCUT2D eigenvalue weighted by Crippen LogP contribution is -2.42. The molecular formula is C15H24IN3. The Hall–Kier alpha value is -0.780. The predicted octanol–water partition coefficient (Wildman–Crippen LogP) is 2.78. The summed E-state index contributed by atoms with van der Waals surface area (Å²) in [5.41, 5.74) is 2.86. The molecule has 1 N–H and O–H groups in total. The fourth-order valence-corrected chi connectivity index (χ4v) is 2.45.